The minimum Gasteiger partial charge on any atom is -0.389 e. The van der Waals surface area contributed by atoms with Gasteiger partial charge in [0.05, 0.1) is 18.8 Å². The third kappa shape index (κ3) is 4.52. The minimum absolute atomic E-state index is 0.101. The molecule has 30 heavy (non-hydrogen) atoms. The van der Waals surface area contributed by atoms with Gasteiger partial charge in [-0.25, -0.2) is 0 Å². The molecule has 0 amide bonds. The molecule has 1 aliphatic carbocycles. The maximum absolute atomic E-state index is 10.2. The van der Waals surface area contributed by atoms with Crippen LogP contribution in [0.15, 0.2) is 12.2 Å². The molecule has 0 aromatic rings. The summed E-state index contributed by atoms with van der Waals surface area (Å²) in [5.41, 5.74) is -1.59. The van der Waals surface area contributed by atoms with Crippen molar-refractivity contribution >= 4 is 0 Å². The molecule has 12 atom stereocenters. The van der Waals surface area contributed by atoms with Crippen molar-refractivity contribution < 1.29 is 54.7 Å². The van der Waals surface area contributed by atoms with Gasteiger partial charge in [-0.15, -0.1) is 0 Å². The monoisotopic (exact) mass is 433 g/mol. The Balaban J connectivity index is 1.65. The number of aliphatic hydroxyl groups is 7. The molecule has 3 aliphatic rings. The van der Waals surface area contributed by atoms with Crippen molar-refractivity contribution in [3.8, 4) is 6.07 Å². The number of rotatable bonds is 5. The third-order valence-electron chi connectivity index (χ3n) is 5.52. The predicted octanol–water partition coefficient (Wildman–Crippen LogP) is -3.76. The fourth-order valence-corrected chi connectivity index (χ4v) is 3.61. The van der Waals surface area contributed by atoms with E-state index in [0.29, 0.717) is 0 Å². The summed E-state index contributed by atoms with van der Waals surface area (Å²) in [5, 5.41) is 79.2. The lowest BCUT2D eigenvalue weighted by Gasteiger charge is -2.43. The van der Waals surface area contributed by atoms with Gasteiger partial charge in [-0.3, -0.25) is 0 Å². The molecule has 170 valence electrons. The van der Waals surface area contributed by atoms with Gasteiger partial charge in [-0.1, -0.05) is 6.08 Å². The van der Waals surface area contributed by atoms with Crippen molar-refractivity contribution in [1.82, 2.24) is 0 Å². The molecule has 3 rings (SSSR count). The van der Waals surface area contributed by atoms with Crippen LogP contribution in [0.2, 0.25) is 0 Å². The van der Waals surface area contributed by atoms with Crippen molar-refractivity contribution in [2.75, 3.05) is 6.61 Å². The Kier molecular flexibility index (Phi) is 7.12. The summed E-state index contributed by atoms with van der Waals surface area (Å²) in [6.45, 7) is 1.02. The average molecular weight is 433 g/mol. The summed E-state index contributed by atoms with van der Waals surface area (Å²) < 4.78 is 21.7. The van der Waals surface area contributed by atoms with Gasteiger partial charge < -0.3 is 54.7 Å². The highest BCUT2D eigenvalue weighted by atomic mass is 16.7. The van der Waals surface area contributed by atoms with Gasteiger partial charge in [0.25, 0.3) is 0 Å². The molecule has 0 bridgehead atoms. The van der Waals surface area contributed by atoms with Crippen LogP contribution in [0.1, 0.15) is 13.3 Å². The standard InChI is InChI=1S/C18H27NO11/c1-7-10(21)12(23)14(25)16(28-7)27-5-9-11(22)13(24)15(26)17(29-9)30-18(6-19)3-2-8(20)4-18/h2-3,7-17,20-26H,4-5H2,1H3/t7-,8?,9-,10+,11+,12+,13+,14+,15-,16-,17+,18?/m1/s1. The van der Waals surface area contributed by atoms with Crippen LogP contribution < -0.4 is 0 Å². The van der Waals surface area contributed by atoms with Crippen molar-refractivity contribution in [1.29, 1.82) is 5.26 Å². The molecule has 2 saturated heterocycles. The smallest absolute Gasteiger partial charge is 0.189 e. The third-order valence-corrected chi connectivity index (χ3v) is 5.52. The fourth-order valence-electron chi connectivity index (χ4n) is 3.61. The molecule has 2 heterocycles. The molecule has 2 aliphatic heterocycles. The molecule has 12 heteroatoms. The summed E-state index contributed by atoms with van der Waals surface area (Å²) >= 11 is 0. The molecule has 12 nitrogen and oxygen atoms in total. The van der Waals surface area contributed by atoms with E-state index in [9.17, 15) is 41.0 Å². The molecule has 0 spiro atoms. The SMILES string of the molecule is C[C@H]1O[C@@H](OC[C@H]2O[C@@H](OC3(C#N)C=CC(O)C3)[C@H](O)[C@@H](O)[C@H]2O)[C@@H](O)[C@@H](O)[C@H]1O. The highest BCUT2D eigenvalue weighted by molar-refractivity contribution is 5.24. The van der Waals surface area contributed by atoms with Gasteiger partial charge in [0.1, 0.15) is 48.8 Å². The van der Waals surface area contributed by atoms with E-state index in [1.165, 1.54) is 19.1 Å². The lowest BCUT2D eigenvalue weighted by Crippen LogP contribution is -2.62. The Labute approximate surface area is 172 Å². The lowest BCUT2D eigenvalue weighted by atomic mass is 9.98. The number of nitriles is 1. The summed E-state index contributed by atoms with van der Waals surface area (Å²) in [4.78, 5) is 0. The summed E-state index contributed by atoms with van der Waals surface area (Å²) in [6.07, 6.45) is -12.7. The molecule has 2 fully saturated rings. The number of hydrogen-bond donors (Lipinski definition) is 7. The normalized spacial score (nSPS) is 51.6. The van der Waals surface area contributed by atoms with Gasteiger partial charge in [-0.05, 0) is 13.0 Å². The Morgan fingerprint density at radius 2 is 1.57 bits per heavy atom. The Morgan fingerprint density at radius 1 is 0.933 bits per heavy atom. The lowest BCUT2D eigenvalue weighted by molar-refractivity contribution is -0.335. The zero-order chi connectivity index (χ0) is 22.2. The van der Waals surface area contributed by atoms with E-state index >= 15 is 0 Å². The largest absolute Gasteiger partial charge is 0.389 e. The zero-order valence-corrected chi connectivity index (χ0v) is 16.1. The molecule has 0 aromatic heterocycles. The first-order chi connectivity index (χ1) is 14.1. The maximum Gasteiger partial charge on any atom is 0.189 e. The second-order valence-electron chi connectivity index (χ2n) is 7.78. The van der Waals surface area contributed by atoms with Crippen molar-refractivity contribution in [2.24, 2.45) is 0 Å². The number of nitrogens with zero attached hydrogens (tertiary/aromatic N) is 1. The van der Waals surface area contributed by atoms with E-state index in [1.807, 2.05) is 6.07 Å². The van der Waals surface area contributed by atoms with E-state index in [0.717, 1.165) is 0 Å². The highest BCUT2D eigenvalue weighted by Gasteiger charge is 2.49. The zero-order valence-electron chi connectivity index (χ0n) is 16.1. The quantitative estimate of drug-likeness (QED) is 0.209. The predicted molar refractivity (Wildman–Crippen MR) is 94.2 cm³/mol. The van der Waals surface area contributed by atoms with Crippen molar-refractivity contribution in [3.63, 3.8) is 0 Å². The second-order valence-corrected chi connectivity index (χ2v) is 7.78. The average Bonchev–Trinajstić information content (AvgIpc) is 3.10. The van der Waals surface area contributed by atoms with Crippen LogP contribution in [-0.2, 0) is 18.9 Å². The van der Waals surface area contributed by atoms with Gasteiger partial charge in [0.2, 0.25) is 0 Å². The summed E-state index contributed by atoms with van der Waals surface area (Å²) in [7, 11) is 0. The Bertz CT molecular complexity index is 671. The van der Waals surface area contributed by atoms with Crippen LogP contribution in [0.3, 0.4) is 0 Å². The van der Waals surface area contributed by atoms with E-state index in [1.54, 1.807) is 0 Å². The van der Waals surface area contributed by atoms with Crippen LogP contribution in [0, 0.1) is 11.3 Å². The van der Waals surface area contributed by atoms with Crippen LogP contribution in [0.25, 0.3) is 0 Å². The first-order valence-electron chi connectivity index (χ1n) is 9.56. The molecular weight excluding hydrogens is 406 g/mol. The highest BCUT2D eigenvalue weighted by Crippen LogP contribution is 2.32. The molecule has 0 saturated carbocycles. The maximum atomic E-state index is 10.2. The van der Waals surface area contributed by atoms with E-state index in [4.69, 9.17) is 18.9 Å². The van der Waals surface area contributed by atoms with Crippen LogP contribution in [0.4, 0.5) is 0 Å². The van der Waals surface area contributed by atoms with Gasteiger partial charge in [-0.2, -0.15) is 5.26 Å². The molecule has 0 aromatic carbocycles. The minimum atomic E-state index is -1.70. The molecule has 2 unspecified atom stereocenters. The van der Waals surface area contributed by atoms with E-state index in [-0.39, 0.29) is 6.42 Å². The summed E-state index contributed by atoms with van der Waals surface area (Å²) in [6, 6.07) is 1.88. The molecule has 7 N–H and O–H groups in total. The van der Waals surface area contributed by atoms with Gasteiger partial charge >= 0.3 is 0 Å². The second kappa shape index (κ2) is 9.11. The Morgan fingerprint density at radius 3 is 2.17 bits per heavy atom. The van der Waals surface area contributed by atoms with Crippen LogP contribution >= 0.6 is 0 Å². The summed E-state index contributed by atoms with van der Waals surface area (Å²) in [5.74, 6) is 0. The molecular formula is C18H27NO11. The van der Waals surface area contributed by atoms with E-state index < -0.39 is 79.7 Å². The fraction of sp³-hybridized carbons (Fsp3) is 0.833. The van der Waals surface area contributed by atoms with Crippen molar-refractivity contribution in [2.45, 2.75) is 86.5 Å². The van der Waals surface area contributed by atoms with Crippen LogP contribution in [0.5, 0.6) is 0 Å². The van der Waals surface area contributed by atoms with E-state index in [2.05, 4.69) is 0 Å². The van der Waals surface area contributed by atoms with Gasteiger partial charge in [0.15, 0.2) is 18.2 Å². The number of aliphatic hydroxyl groups excluding tert-OH is 7. The van der Waals surface area contributed by atoms with Crippen molar-refractivity contribution in [3.05, 3.63) is 12.2 Å². The first-order valence-corrected chi connectivity index (χ1v) is 9.56. The Hall–Kier alpha value is -1.21. The molecule has 0 radical (unpaired) electrons. The van der Waals surface area contributed by atoms with Gasteiger partial charge in [0, 0.05) is 6.42 Å². The van der Waals surface area contributed by atoms with Crippen LogP contribution in [-0.4, -0.2) is 115 Å². The first kappa shape index (κ1) is 23.5. The topological polar surface area (TPSA) is 202 Å². The number of ether oxygens (including phenoxy) is 4. The number of hydrogen-bond acceptors (Lipinski definition) is 12.